The molecule has 0 unspecified atom stereocenters. The van der Waals surface area contributed by atoms with Gasteiger partial charge in [0.2, 0.25) is 0 Å². The maximum absolute atomic E-state index is 7.44. The average Bonchev–Trinajstić information content (AvgIpc) is 3.77. The van der Waals surface area contributed by atoms with Crippen LogP contribution >= 0.6 is 22.9 Å². The van der Waals surface area contributed by atoms with E-state index in [-0.39, 0.29) is 28.4 Å². The second kappa shape index (κ2) is 12.6. The van der Waals surface area contributed by atoms with Gasteiger partial charge < -0.3 is 14.2 Å². The minimum absolute atomic E-state index is 0.00309. The van der Waals surface area contributed by atoms with Gasteiger partial charge in [-0.25, -0.2) is 0 Å². The Kier molecular flexibility index (Phi) is 7.95. The molecule has 6 aromatic carbocycles. The molecule has 0 amide bonds. The lowest BCUT2D eigenvalue weighted by molar-refractivity contribution is 0.332. The lowest BCUT2D eigenvalue weighted by Crippen LogP contribution is -2.60. The van der Waals surface area contributed by atoms with Gasteiger partial charge >= 0.3 is 0 Å². The predicted molar refractivity (Wildman–Crippen MR) is 261 cm³/mol. The molecule has 11 rings (SSSR count). The van der Waals surface area contributed by atoms with Crippen LogP contribution in [0.5, 0.6) is 0 Å². The lowest BCUT2D eigenvalue weighted by atomic mass is 9.36. The molecule has 0 fully saturated rings. The number of fused-ring (bicyclic) bond motifs is 10. The zero-order valence-electron chi connectivity index (χ0n) is 36.5. The van der Waals surface area contributed by atoms with Gasteiger partial charge in [-0.3, -0.25) is 0 Å². The summed E-state index contributed by atoms with van der Waals surface area (Å²) in [5, 5.41) is 4.25. The van der Waals surface area contributed by atoms with Gasteiger partial charge in [-0.15, -0.1) is 11.3 Å². The van der Waals surface area contributed by atoms with E-state index in [0.29, 0.717) is 5.02 Å². The van der Waals surface area contributed by atoms with Gasteiger partial charge in [0.05, 0.1) is 16.8 Å². The van der Waals surface area contributed by atoms with E-state index < -0.39 is 0 Å². The summed E-state index contributed by atoms with van der Waals surface area (Å²) in [6.45, 7) is 23.6. The third-order valence-corrected chi connectivity index (χ3v) is 15.5. The van der Waals surface area contributed by atoms with E-state index in [1.807, 2.05) is 11.3 Å². The summed E-state index contributed by atoms with van der Waals surface area (Å²) in [4.78, 5) is 5.04. The molecule has 0 radical (unpaired) electrons. The van der Waals surface area contributed by atoms with Crippen LogP contribution in [-0.4, -0.2) is 6.71 Å². The van der Waals surface area contributed by atoms with Gasteiger partial charge in [-0.1, -0.05) is 129 Å². The summed E-state index contributed by atoms with van der Waals surface area (Å²) in [5.74, 6) is 0. The topological polar surface area (TPSA) is 19.6 Å². The number of hydrogen-bond donors (Lipinski definition) is 0. The van der Waals surface area contributed by atoms with Crippen molar-refractivity contribution in [2.45, 2.75) is 104 Å². The summed E-state index contributed by atoms with van der Waals surface area (Å²) in [7, 11) is 0. The highest BCUT2D eigenvalue weighted by molar-refractivity contribution is 7.33. The third-order valence-electron chi connectivity index (χ3n) is 14.1. The molecule has 0 saturated carbocycles. The maximum Gasteiger partial charge on any atom is 0.264 e. The minimum atomic E-state index is -0.0325. The molecule has 300 valence electrons. The second-order valence-electron chi connectivity index (χ2n) is 21.0. The van der Waals surface area contributed by atoms with E-state index in [4.69, 9.17) is 16.0 Å². The van der Waals surface area contributed by atoms with E-state index in [0.717, 1.165) is 51.1 Å². The van der Waals surface area contributed by atoms with Crippen LogP contribution in [0.15, 0.2) is 114 Å². The summed E-state index contributed by atoms with van der Waals surface area (Å²) in [5.41, 5.74) is 17.1. The van der Waals surface area contributed by atoms with Crippen molar-refractivity contribution in [2.75, 3.05) is 9.80 Å². The molecular formula is C54H52BClN2OS. The highest BCUT2D eigenvalue weighted by Gasteiger charge is 2.47. The molecule has 60 heavy (non-hydrogen) atoms. The van der Waals surface area contributed by atoms with Crippen LogP contribution in [0.3, 0.4) is 0 Å². The molecule has 3 aliphatic rings. The number of para-hydroxylation sites is 1. The minimum Gasteiger partial charge on any atom is -0.456 e. The van der Waals surface area contributed by atoms with Crippen molar-refractivity contribution >= 4 is 112 Å². The molecule has 0 N–H and O–H groups in total. The van der Waals surface area contributed by atoms with Gasteiger partial charge in [-0.05, 0) is 128 Å². The van der Waals surface area contributed by atoms with Crippen LogP contribution in [-0.2, 0) is 21.7 Å². The fourth-order valence-corrected chi connectivity index (χ4v) is 12.1. The normalized spacial score (nSPS) is 16.6. The monoisotopic (exact) mass is 822 g/mol. The van der Waals surface area contributed by atoms with Gasteiger partial charge in [-0.2, -0.15) is 0 Å². The molecule has 2 aromatic heterocycles. The van der Waals surface area contributed by atoms with Crippen LogP contribution in [0, 0.1) is 0 Å². The molecule has 0 atom stereocenters. The predicted octanol–water partition coefficient (Wildman–Crippen LogP) is 14.5. The van der Waals surface area contributed by atoms with Crippen molar-refractivity contribution in [3.05, 3.63) is 136 Å². The standard InChI is InChI=1S/C54H52BClN2OS/c1-51(2,3)31-18-21-34(22-19-31)57-40-23-20-32(52(4,5)6)26-39(40)55-48-42(57)27-33(56)28-43(48)58(41-15-13-17-45-47(41)35-14-11-12-16-44(35)59-45)49-36-29-37-38(30-46(36)60-50(49)55)54(9,10)25-24-53(37,7)8/h11-23,26-30H,24-25H2,1-10H3. The van der Waals surface area contributed by atoms with Crippen LogP contribution in [0.4, 0.5) is 34.1 Å². The molecule has 0 bridgehead atoms. The maximum atomic E-state index is 7.44. The van der Waals surface area contributed by atoms with Crippen molar-refractivity contribution in [2.24, 2.45) is 0 Å². The molecule has 0 spiro atoms. The van der Waals surface area contributed by atoms with Crippen LogP contribution in [0.2, 0.25) is 5.02 Å². The molecule has 3 nitrogen and oxygen atoms in total. The van der Waals surface area contributed by atoms with Crippen molar-refractivity contribution in [1.82, 2.24) is 0 Å². The molecule has 1 aliphatic carbocycles. The first-order chi connectivity index (χ1) is 28.4. The van der Waals surface area contributed by atoms with Crippen LogP contribution < -0.4 is 25.5 Å². The summed E-state index contributed by atoms with van der Waals surface area (Å²) in [6.07, 6.45) is 2.34. The van der Waals surface area contributed by atoms with E-state index in [1.54, 1.807) is 0 Å². The number of furan rings is 1. The Morgan fingerprint density at radius 2 is 1.25 bits per heavy atom. The number of halogens is 1. The second-order valence-corrected chi connectivity index (χ2v) is 22.5. The summed E-state index contributed by atoms with van der Waals surface area (Å²) >= 11 is 9.43. The number of anilines is 6. The molecule has 6 heteroatoms. The van der Waals surface area contributed by atoms with E-state index in [2.05, 4.69) is 188 Å². The zero-order chi connectivity index (χ0) is 41.8. The zero-order valence-corrected chi connectivity index (χ0v) is 38.0. The van der Waals surface area contributed by atoms with Crippen molar-refractivity contribution < 1.29 is 4.42 Å². The first-order valence-corrected chi connectivity index (χ1v) is 22.8. The highest BCUT2D eigenvalue weighted by atomic mass is 35.5. The Labute approximate surface area is 364 Å². The van der Waals surface area contributed by atoms with Gasteiger partial charge in [0.15, 0.2) is 0 Å². The largest absolute Gasteiger partial charge is 0.456 e. The van der Waals surface area contributed by atoms with Crippen molar-refractivity contribution in [3.63, 3.8) is 0 Å². The number of thiophene rings is 1. The molecule has 4 heterocycles. The van der Waals surface area contributed by atoms with Crippen LogP contribution in [0.1, 0.15) is 104 Å². The first kappa shape index (κ1) is 38.0. The first-order valence-electron chi connectivity index (χ1n) is 21.6. The van der Waals surface area contributed by atoms with Crippen molar-refractivity contribution in [1.29, 1.82) is 0 Å². The van der Waals surface area contributed by atoms with Crippen LogP contribution in [0.25, 0.3) is 32.0 Å². The Bertz CT molecular complexity index is 3100. The quantitative estimate of drug-likeness (QED) is 0.162. The Balaban J connectivity index is 1.29. The molecule has 2 aliphatic heterocycles. The SMILES string of the molecule is CC(C)(C)c1ccc(N2c3ccc(C(C)(C)C)cc3B3c4sc5cc6c(cc5c4N(c4cccc5oc7ccccc7c45)c4cc(Cl)cc2c43)C(C)(C)CCC6(C)C)cc1. The highest BCUT2D eigenvalue weighted by Crippen LogP contribution is 2.54. The van der Waals surface area contributed by atoms with Gasteiger partial charge in [0, 0.05) is 48.0 Å². The number of benzene rings is 6. The van der Waals surface area contributed by atoms with Gasteiger partial charge in [0.25, 0.3) is 6.71 Å². The van der Waals surface area contributed by atoms with Crippen molar-refractivity contribution in [3.8, 4) is 0 Å². The van der Waals surface area contributed by atoms with E-state index in [1.165, 1.54) is 65.8 Å². The molecular weight excluding hydrogens is 771 g/mol. The average molecular weight is 823 g/mol. The summed E-state index contributed by atoms with van der Waals surface area (Å²) in [6, 6.07) is 41.0. The van der Waals surface area contributed by atoms with E-state index in [9.17, 15) is 0 Å². The lowest BCUT2D eigenvalue weighted by Gasteiger charge is -2.44. The fraction of sp³-hybridized carbons (Fsp3) is 0.296. The van der Waals surface area contributed by atoms with Gasteiger partial charge in [0.1, 0.15) is 11.2 Å². The number of nitrogens with zero attached hydrogens (tertiary/aromatic N) is 2. The number of hydrogen-bond acceptors (Lipinski definition) is 4. The number of rotatable bonds is 2. The fourth-order valence-electron chi connectivity index (χ4n) is 10.6. The third kappa shape index (κ3) is 5.47. The summed E-state index contributed by atoms with van der Waals surface area (Å²) < 4.78 is 9.31. The molecule has 0 saturated heterocycles. The Morgan fingerprint density at radius 3 is 1.95 bits per heavy atom. The molecule has 8 aromatic rings. The Hall–Kier alpha value is -4.97. The van der Waals surface area contributed by atoms with E-state index >= 15 is 0 Å². The Morgan fingerprint density at radius 1 is 0.617 bits per heavy atom. The smallest absolute Gasteiger partial charge is 0.264 e.